The average Bonchev–Trinajstić information content (AvgIpc) is 2.66. The van der Waals surface area contributed by atoms with Crippen LogP contribution in [0, 0.1) is 6.92 Å². The molecule has 0 saturated carbocycles. The van der Waals surface area contributed by atoms with Gasteiger partial charge in [-0.2, -0.15) is 4.98 Å². The SMILES string of the molecule is COc1ccc(Cl)cc1Nc1cc(C)nc(N(Cc2ccccc2)C(C)C)n1. The Morgan fingerprint density at radius 2 is 1.82 bits per heavy atom. The fraction of sp³-hybridized carbons (Fsp3) is 0.273. The van der Waals surface area contributed by atoms with Crippen molar-refractivity contribution in [1.29, 1.82) is 0 Å². The predicted octanol–water partition coefficient (Wildman–Crippen LogP) is 5.61. The molecule has 0 unspecified atom stereocenters. The first-order valence-electron chi connectivity index (χ1n) is 9.23. The van der Waals surface area contributed by atoms with E-state index in [0.29, 0.717) is 22.5 Å². The number of aryl methyl sites for hydroxylation is 1. The van der Waals surface area contributed by atoms with Crippen molar-refractivity contribution >= 4 is 29.1 Å². The van der Waals surface area contributed by atoms with E-state index in [4.69, 9.17) is 21.3 Å². The van der Waals surface area contributed by atoms with Gasteiger partial charge in [0.1, 0.15) is 11.6 Å². The number of ether oxygens (including phenoxy) is 1. The van der Waals surface area contributed by atoms with Crippen LogP contribution >= 0.6 is 11.6 Å². The van der Waals surface area contributed by atoms with E-state index in [1.807, 2.05) is 43.3 Å². The van der Waals surface area contributed by atoms with Crippen molar-refractivity contribution in [2.24, 2.45) is 0 Å². The van der Waals surface area contributed by atoms with Gasteiger partial charge >= 0.3 is 0 Å². The molecule has 0 aliphatic carbocycles. The summed E-state index contributed by atoms with van der Waals surface area (Å²) < 4.78 is 5.42. The van der Waals surface area contributed by atoms with E-state index in [2.05, 4.69) is 41.2 Å². The molecule has 2 aromatic carbocycles. The highest BCUT2D eigenvalue weighted by Gasteiger charge is 2.16. The van der Waals surface area contributed by atoms with Crippen molar-refractivity contribution in [3.63, 3.8) is 0 Å². The third-order valence-corrected chi connectivity index (χ3v) is 4.58. The maximum atomic E-state index is 6.15. The van der Waals surface area contributed by atoms with Crippen LogP contribution in [-0.4, -0.2) is 23.1 Å². The standard InChI is InChI=1S/C22H25ClN4O/c1-15(2)27(14-17-8-6-5-7-9-17)22-24-16(3)12-21(26-22)25-19-13-18(23)10-11-20(19)28-4/h5-13,15H,14H2,1-4H3,(H,24,25,26). The molecule has 6 heteroatoms. The molecule has 1 heterocycles. The van der Waals surface area contributed by atoms with Crippen LogP contribution in [0.5, 0.6) is 5.75 Å². The molecule has 0 atom stereocenters. The molecule has 1 aromatic heterocycles. The highest BCUT2D eigenvalue weighted by atomic mass is 35.5. The lowest BCUT2D eigenvalue weighted by atomic mass is 10.2. The molecule has 0 bridgehead atoms. The summed E-state index contributed by atoms with van der Waals surface area (Å²) in [6.45, 7) is 6.98. The lowest BCUT2D eigenvalue weighted by Crippen LogP contribution is -2.32. The Labute approximate surface area is 171 Å². The number of benzene rings is 2. The molecule has 0 fully saturated rings. The summed E-state index contributed by atoms with van der Waals surface area (Å²) in [5.74, 6) is 2.08. The van der Waals surface area contributed by atoms with Crippen LogP contribution in [0.4, 0.5) is 17.5 Å². The molecule has 3 aromatic rings. The number of aromatic nitrogens is 2. The van der Waals surface area contributed by atoms with Crippen molar-refractivity contribution in [2.75, 3.05) is 17.3 Å². The molecule has 146 valence electrons. The van der Waals surface area contributed by atoms with Gasteiger partial charge < -0.3 is 15.0 Å². The van der Waals surface area contributed by atoms with Gasteiger partial charge in [-0.3, -0.25) is 0 Å². The number of halogens is 1. The second kappa shape index (κ2) is 8.93. The van der Waals surface area contributed by atoms with Gasteiger partial charge in [0.2, 0.25) is 5.95 Å². The van der Waals surface area contributed by atoms with Gasteiger partial charge in [-0.1, -0.05) is 41.9 Å². The van der Waals surface area contributed by atoms with Gasteiger partial charge in [0.05, 0.1) is 12.8 Å². The van der Waals surface area contributed by atoms with Crippen LogP contribution in [0.1, 0.15) is 25.1 Å². The Morgan fingerprint density at radius 3 is 2.50 bits per heavy atom. The number of anilines is 3. The molecule has 0 radical (unpaired) electrons. The average molecular weight is 397 g/mol. The molecule has 0 aliphatic heterocycles. The molecule has 0 spiro atoms. The number of nitrogens with one attached hydrogen (secondary N) is 1. The summed E-state index contributed by atoms with van der Waals surface area (Å²) in [5.41, 5.74) is 2.86. The van der Waals surface area contributed by atoms with Gasteiger partial charge in [0, 0.05) is 29.4 Å². The van der Waals surface area contributed by atoms with E-state index in [-0.39, 0.29) is 6.04 Å². The van der Waals surface area contributed by atoms with Crippen molar-refractivity contribution in [2.45, 2.75) is 33.4 Å². The number of methoxy groups -OCH3 is 1. The number of rotatable bonds is 7. The normalized spacial score (nSPS) is 10.8. The van der Waals surface area contributed by atoms with Gasteiger partial charge in [-0.25, -0.2) is 4.98 Å². The minimum atomic E-state index is 0.246. The molecule has 0 amide bonds. The Balaban J connectivity index is 1.92. The van der Waals surface area contributed by atoms with E-state index in [1.54, 1.807) is 13.2 Å². The third-order valence-electron chi connectivity index (χ3n) is 4.34. The Bertz CT molecular complexity index is 931. The zero-order valence-corrected chi connectivity index (χ0v) is 17.4. The molecule has 0 aliphatic rings. The second-order valence-electron chi connectivity index (χ2n) is 6.87. The lowest BCUT2D eigenvalue weighted by molar-refractivity contribution is 0.417. The number of nitrogens with zero attached hydrogens (tertiary/aromatic N) is 3. The first kappa shape index (κ1) is 20.0. The van der Waals surface area contributed by atoms with E-state index in [9.17, 15) is 0 Å². The molecular weight excluding hydrogens is 372 g/mol. The minimum absolute atomic E-state index is 0.246. The lowest BCUT2D eigenvalue weighted by Gasteiger charge is -2.27. The number of hydrogen-bond acceptors (Lipinski definition) is 5. The summed E-state index contributed by atoms with van der Waals surface area (Å²) in [7, 11) is 1.63. The smallest absolute Gasteiger partial charge is 0.228 e. The van der Waals surface area contributed by atoms with Crippen LogP contribution in [0.2, 0.25) is 5.02 Å². The zero-order valence-electron chi connectivity index (χ0n) is 16.6. The largest absolute Gasteiger partial charge is 0.495 e. The molecule has 28 heavy (non-hydrogen) atoms. The molecule has 5 nitrogen and oxygen atoms in total. The summed E-state index contributed by atoms with van der Waals surface area (Å²) in [6.07, 6.45) is 0. The summed E-state index contributed by atoms with van der Waals surface area (Å²) in [6, 6.07) is 17.9. The van der Waals surface area contributed by atoms with E-state index >= 15 is 0 Å². The third kappa shape index (κ3) is 4.93. The highest BCUT2D eigenvalue weighted by Crippen LogP contribution is 2.30. The van der Waals surface area contributed by atoms with Gasteiger partial charge in [0.15, 0.2) is 0 Å². The quantitative estimate of drug-likeness (QED) is 0.562. The second-order valence-corrected chi connectivity index (χ2v) is 7.31. The Kier molecular flexibility index (Phi) is 6.37. The zero-order chi connectivity index (χ0) is 20.1. The van der Waals surface area contributed by atoms with Crippen LogP contribution in [0.25, 0.3) is 0 Å². The van der Waals surface area contributed by atoms with E-state index < -0.39 is 0 Å². The molecule has 0 saturated heterocycles. The molecule has 1 N–H and O–H groups in total. The van der Waals surface area contributed by atoms with E-state index in [1.165, 1.54) is 5.56 Å². The summed E-state index contributed by atoms with van der Waals surface area (Å²) in [5, 5.41) is 3.94. The fourth-order valence-electron chi connectivity index (χ4n) is 2.93. The van der Waals surface area contributed by atoms with Crippen molar-refractivity contribution in [1.82, 2.24) is 9.97 Å². The van der Waals surface area contributed by atoms with Crippen LogP contribution in [0.15, 0.2) is 54.6 Å². The van der Waals surface area contributed by atoms with Gasteiger partial charge in [-0.15, -0.1) is 0 Å². The van der Waals surface area contributed by atoms with Crippen molar-refractivity contribution in [3.05, 3.63) is 70.9 Å². The first-order chi connectivity index (χ1) is 13.5. The minimum Gasteiger partial charge on any atom is -0.495 e. The van der Waals surface area contributed by atoms with Gasteiger partial charge in [-0.05, 0) is 44.5 Å². The molecular formula is C22H25ClN4O. The maximum absolute atomic E-state index is 6.15. The maximum Gasteiger partial charge on any atom is 0.228 e. The van der Waals surface area contributed by atoms with Crippen LogP contribution < -0.4 is 15.0 Å². The Morgan fingerprint density at radius 1 is 1.07 bits per heavy atom. The topological polar surface area (TPSA) is 50.3 Å². The predicted molar refractivity (Wildman–Crippen MR) is 116 cm³/mol. The summed E-state index contributed by atoms with van der Waals surface area (Å²) in [4.78, 5) is 11.6. The van der Waals surface area contributed by atoms with E-state index in [0.717, 1.165) is 17.9 Å². The summed E-state index contributed by atoms with van der Waals surface area (Å²) >= 11 is 6.15. The number of hydrogen-bond donors (Lipinski definition) is 1. The fourth-order valence-corrected chi connectivity index (χ4v) is 3.10. The highest BCUT2D eigenvalue weighted by molar-refractivity contribution is 6.31. The Hall–Kier alpha value is -2.79. The van der Waals surface area contributed by atoms with Crippen molar-refractivity contribution < 1.29 is 4.74 Å². The molecule has 3 rings (SSSR count). The van der Waals surface area contributed by atoms with Crippen LogP contribution in [-0.2, 0) is 6.54 Å². The monoisotopic (exact) mass is 396 g/mol. The van der Waals surface area contributed by atoms with Crippen LogP contribution in [0.3, 0.4) is 0 Å². The van der Waals surface area contributed by atoms with Crippen molar-refractivity contribution in [3.8, 4) is 5.75 Å². The first-order valence-corrected chi connectivity index (χ1v) is 9.61. The van der Waals surface area contributed by atoms with Gasteiger partial charge in [0.25, 0.3) is 0 Å².